The summed E-state index contributed by atoms with van der Waals surface area (Å²) in [5, 5.41) is 0. The average molecular weight is 399 g/mol. The minimum atomic E-state index is -0.829. The second-order valence-electron chi connectivity index (χ2n) is 7.82. The summed E-state index contributed by atoms with van der Waals surface area (Å²) in [6, 6.07) is 12.6. The highest BCUT2D eigenvalue weighted by molar-refractivity contribution is 5.98. The highest BCUT2D eigenvalue weighted by Gasteiger charge is 2.44. The Morgan fingerprint density at radius 1 is 0.931 bits per heavy atom. The first-order valence-electron chi connectivity index (χ1n) is 10.0. The third-order valence-corrected chi connectivity index (χ3v) is 5.97. The van der Waals surface area contributed by atoms with Gasteiger partial charge in [0, 0.05) is 18.0 Å². The summed E-state index contributed by atoms with van der Waals surface area (Å²) in [5.74, 6) is -2.65. The smallest absolute Gasteiger partial charge is 0.410 e. The van der Waals surface area contributed by atoms with Crippen molar-refractivity contribution in [3.8, 4) is 0 Å². The van der Waals surface area contributed by atoms with Crippen LogP contribution in [0.2, 0.25) is 0 Å². The molecule has 2 unspecified atom stereocenters. The van der Waals surface area contributed by atoms with Gasteiger partial charge in [-0.15, -0.1) is 0 Å². The number of hydrogen-bond donors (Lipinski definition) is 0. The zero-order chi connectivity index (χ0) is 20.4. The molecule has 2 atom stereocenters. The van der Waals surface area contributed by atoms with E-state index in [1.165, 1.54) is 6.07 Å². The molecule has 2 aromatic carbocycles. The van der Waals surface area contributed by atoms with E-state index in [1.807, 2.05) is 30.3 Å². The first kappa shape index (κ1) is 19.6. The van der Waals surface area contributed by atoms with Crippen LogP contribution < -0.4 is 0 Å². The van der Waals surface area contributed by atoms with Crippen molar-refractivity contribution in [3.63, 3.8) is 0 Å². The molecule has 4 nitrogen and oxygen atoms in total. The van der Waals surface area contributed by atoms with E-state index in [-0.39, 0.29) is 24.8 Å². The lowest BCUT2D eigenvalue weighted by Crippen LogP contribution is -2.55. The van der Waals surface area contributed by atoms with Crippen molar-refractivity contribution in [3.05, 3.63) is 71.3 Å². The SMILES string of the molecule is O=C(c1c(F)cccc1F)C1CC2CCCC(C1)N2C(=O)OCc1ccccc1. The molecule has 2 bridgehead atoms. The molecule has 2 aliphatic heterocycles. The summed E-state index contributed by atoms with van der Waals surface area (Å²) in [6.45, 7) is 0.193. The van der Waals surface area contributed by atoms with Gasteiger partial charge in [-0.3, -0.25) is 4.79 Å². The minimum absolute atomic E-state index is 0.144. The van der Waals surface area contributed by atoms with Gasteiger partial charge >= 0.3 is 6.09 Å². The van der Waals surface area contributed by atoms with Crippen molar-refractivity contribution in [2.45, 2.75) is 50.8 Å². The number of hydrogen-bond acceptors (Lipinski definition) is 3. The fourth-order valence-corrected chi connectivity index (χ4v) is 4.62. The Labute approximate surface area is 168 Å². The molecule has 4 rings (SSSR count). The number of amides is 1. The molecule has 0 N–H and O–H groups in total. The van der Waals surface area contributed by atoms with Crippen LogP contribution in [0.15, 0.2) is 48.5 Å². The lowest BCUT2D eigenvalue weighted by atomic mass is 9.75. The van der Waals surface area contributed by atoms with E-state index in [2.05, 4.69) is 0 Å². The monoisotopic (exact) mass is 399 g/mol. The summed E-state index contributed by atoms with van der Waals surface area (Å²) >= 11 is 0. The molecule has 1 amide bonds. The summed E-state index contributed by atoms with van der Waals surface area (Å²) in [6.07, 6.45) is 2.92. The molecule has 2 heterocycles. The Bertz CT molecular complexity index is 868. The van der Waals surface area contributed by atoms with E-state index in [0.29, 0.717) is 12.8 Å². The molecular weight excluding hydrogens is 376 g/mol. The van der Waals surface area contributed by atoms with Crippen LogP contribution in [0.1, 0.15) is 48.0 Å². The molecule has 29 heavy (non-hydrogen) atoms. The number of nitrogens with zero attached hydrogens (tertiary/aromatic N) is 1. The number of Topliss-reactive ketones (excluding diaryl/α,β-unsaturated/α-hetero) is 1. The van der Waals surface area contributed by atoms with E-state index in [4.69, 9.17) is 4.74 Å². The second-order valence-corrected chi connectivity index (χ2v) is 7.82. The van der Waals surface area contributed by atoms with Crippen LogP contribution in [0.25, 0.3) is 0 Å². The highest BCUT2D eigenvalue weighted by Crippen LogP contribution is 2.39. The maximum absolute atomic E-state index is 14.1. The summed E-state index contributed by atoms with van der Waals surface area (Å²) in [5.41, 5.74) is 0.446. The first-order valence-corrected chi connectivity index (χ1v) is 10.0. The lowest BCUT2D eigenvalue weighted by molar-refractivity contribution is 0.00455. The molecule has 152 valence electrons. The molecule has 0 spiro atoms. The number of piperidine rings is 2. The van der Waals surface area contributed by atoms with Crippen molar-refractivity contribution >= 4 is 11.9 Å². The van der Waals surface area contributed by atoms with Gasteiger partial charge in [-0.05, 0) is 49.8 Å². The molecule has 0 saturated carbocycles. The zero-order valence-corrected chi connectivity index (χ0v) is 16.0. The maximum atomic E-state index is 14.1. The van der Waals surface area contributed by atoms with Gasteiger partial charge in [0.05, 0.1) is 5.56 Å². The van der Waals surface area contributed by atoms with E-state index in [0.717, 1.165) is 37.0 Å². The van der Waals surface area contributed by atoms with Gasteiger partial charge in [0.15, 0.2) is 5.78 Å². The number of fused-ring (bicyclic) bond motifs is 2. The predicted molar refractivity (Wildman–Crippen MR) is 103 cm³/mol. The van der Waals surface area contributed by atoms with E-state index in [9.17, 15) is 18.4 Å². The Morgan fingerprint density at radius 2 is 1.55 bits per heavy atom. The lowest BCUT2D eigenvalue weighted by Gasteiger charge is -2.47. The molecule has 6 heteroatoms. The number of ether oxygens (including phenoxy) is 1. The molecular formula is C23H23F2NO3. The summed E-state index contributed by atoms with van der Waals surface area (Å²) in [7, 11) is 0. The largest absolute Gasteiger partial charge is 0.445 e. The number of carbonyl (C=O) groups is 2. The van der Waals surface area contributed by atoms with Crippen LogP contribution in [0.3, 0.4) is 0 Å². The maximum Gasteiger partial charge on any atom is 0.410 e. The van der Waals surface area contributed by atoms with Gasteiger partial charge in [-0.2, -0.15) is 0 Å². The van der Waals surface area contributed by atoms with Gasteiger partial charge in [-0.1, -0.05) is 36.4 Å². The van der Waals surface area contributed by atoms with Gasteiger partial charge < -0.3 is 9.64 Å². The number of benzene rings is 2. The van der Waals surface area contributed by atoms with E-state index < -0.39 is 28.9 Å². The van der Waals surface area contributed by atoms with Crippen molar-refractivity contribution in [1.29, 1.82) is 0 Å². The van der Waals surface area contributed by atoms with Crippen molar-refractivity contribution < 1.29 is 23.1 Å². The Morgan fingerprint density at radius 3 is 2.17 bits per heavy atom. The quantitative estimate of drug-likeness (QED) is 0.671. The Balaban J connectivity index is 1.46. The van der Waals surface area contributed by atoms with Crippen LogP contribution >= 0.6 is 0 Å². The molecule has 0 radical (unpaired) electrons. The fraction of sp³-hybridized carbons (Fsp3) is 0.391. The van der Waals surface area contributed by atoms with Gasteiger partial charge in [0.1, 0.15) is 18.2 Å². The van der Waals surface area contributed by atoms with E-state index in [1.54, 1.807) is 4.90 Å². The molecule has 2 saturated heterocycles. The Kier molecular flexibility index (Phi) is 5.60. The van der Waals surface area contributed by atoms with Crippen molar-refractivity contribution in [2.75, 3.05) is 0 Å². The van der Waals surface area contributed by atoms with E-state index >= 15 is 0 Å². The van der Waals surface area contributed by atoms with Crippen molar-refractivity contribution in [2.24, 2.45) is 5.92 Å². The number of halogens is 2. The van der Waals surface area contributed by atoms with Gasteiger partial charge in [-0.25, -0.2) is 13.6 Å². The summed E-state index contributed by atoms with van der Waals surface area (Å²) < 4.78 is 33.6. The molecule has 0 aliphatic carbocycles. The normalized spacial score (nSPS) is 23.5. The van der Waals surface area contributed by atoms with Crippen LogP contribution in [0.4, 0.5) is 13.6 Å². The van der Waals surface area contributed by atoms with Crippen LogP contribution in [-0.2, 0) is 11.3 Å². The minimum Gasteiger partial charge on any atom is -0.445 e. The van der Waals surface area contributed by atoms with Crippen LogP contribution in [0.5, 0.6) is 0 Å². The molecule has 0 aromatic heterocycles. The van der Waals surface area contributed by atoms with Gasteiger partial charge in [0.25, 0.3) is 0 Å². The predicted octanol–water partition coefficient (Wildman–Crippen LogP) is 5.12. The Hall–Kier alpha value is -2.76. The topological polar surface area (TPSA) is 46.6 Å². The number of rotatable bonds is 4. The third kappa shape index (κ3) is 4.02. The van der Waals surface area contributed by atoms with Crippen LogP contribution in [0, 0.1) is 17.6 Å². The number of ketones is 1. The standard InChI is InChI=1S/C23H23F2NO3/c24-19-10-5-11-20(25)21(19)22(27)16-12-17-8-4-9-18(13-16)26(17)23(28)29-14-15-6-2-1-3-7-15/h1-3,5-7,10-11,16-18H,4,8-9,12-14H2. The fourth-order valence-electron chi connectivity index (χ4n) is 4.62. The molecule has 2 aromatic rings. The van der Waals surface area contributed by atoms with Crippen LogP contribution in [-0.4, -0.2) is 28.9 Å². The van der Waals surface area contributed by atoms with Crippen molar-refractivity contribution in [1.82, 2.24) is 4.90 Å². The average Bonchev–Trinajstić information content (AvgIpc) is 2.71. The zero-order valence-electron chi connectivity index (χ0n) is 16.0. The summed E-state index contributed by atoms with van der Waals surface area (Å²) in [4.78, 5) is 27.3. The number of carbonyl (C=O) groups excluding carboxylic acids is 2. The molecule has 2 fully saturated rings. The first-order chi connectivity index (χ1) is 14.0. The molecule has 2 aliphatic rings. The third-order valence-electron chi connectivity index (χ3n) is 5.97. The van der Waals surface area contributed by atoms with Gasteiger partial charge in [0.2, 0.25) is 0 Å². The second kappa shape index (κ2) is 8.31. The highest BCUT2D eigenvalue weighted by atomic mass is 19.1.